The number of pyridine rings is 1. The highest BCUT2D eigenvalue weighted by atomic mass is 32.2. The Morgan fingerprint density at radius 1 is 1.47 bits per heavy atom. The molecule has 0 aliphatic carbocycles. The number of hydrogen-bond donors (Lipinski definition) is 2. The highest BCUT2D eigenvalue weighted by molar-refractivity contribution is 7.89. The molecule has 1 rings (SSSR count). The number of aromatic nitrogens is 1. The van der Waals surface area contributed by atoms with Crippen LogP contribution in [0.4, 0.5) is 20.3 Å². The monoisotopic (exact) mass is 268 g/mol. The lowest BCUT2D eigenvalue weighted by Crippen LogP contribution is -2.16. The molecule has 0 fully saturated rings. The summed E-state index contributed by atoms with van der Waals surface area (Å²) in [4.78, 5) is 11.4. The summed E-state index contributed by atoms with van der Waals surface area (Å²) in [6.07, 6.45) is -3.26. The van der Waals surface area contributed by atoms with Gasteiger partial charge in [-0.25, -0.2) is 27.3 Å². The smallest absolute Gasteiger partial charge is 0.298 e. The van der Waals surface area contributed by atoms with Crippen molar-refractivity contribution < 1.29 is 22.1 Å². The van der Waals surface area contributed by atoms with Gasteiger partial charge in [-0.3, -0.25) is 10.1 Å². The Labute approximate surface area is 93.4 Å². The highest BCUT2D eigenvalue weighted by Crippen LogP contribution is 2.31. The number of nitrogens with zero attached hydrogens (tertiary/aromatic N) is 2. The van der Waals surface area contributed by atoms with Gasteiger partial charge in [-0.15, -0.1) is 0 Å². The first-order chi connectivity index (χ1) is 7.64. The van der Waals surface area contributed by atoms with Crippen molar-refractivity contribution in [3.05, 3.63) is 21.9 Å². The van der Waals surface area contributed by atoms with E-state index >= 15 is 0 Å². The number of sulfonamides is 1. The molecular formula is C6H6F2N4O4S. The quantitative estimate of drug-likeness (QED) is 0.590. The molecule has 0 aromatic carbocycles. The maximum absolute atomic E-state index is 12.4. The lowest BCUT2D eigenvalue weighted by molar-refractivity contribution is -0.386. The number of halogens is 2. The van der Waals surface area contributed by atoms with Crippen molar-refractivity contribution in [1.82, 2.24) is 4.98 Å². The van der Waals surface area contributed by atoms with Crippen LogP contribution in [0.25, 0.3) is 0 Å². The van der Waals surface area contributed by atoms with E-state index in [2.05, 4.69) is 4.98 Å². The number of nitrogen functional groups attached to an aromatic ring is 1. The second-order valence-corrected chi connectivity index (χ2v) is 4.41. The molecule has 11 heteroatoms. The second-order valence-electron chi connectivity index (χ2n) is 2.88. The normalized spacial score (nSPS) is 11.8. The molecule has 0 unspecified atom stereocenters. The number of alkyl halides is 2. The number of primary sulfonamides is 1. The summed E-state index contributed by atoms with van der Waals surface area (Å²) in [6, 6.07) is 0.360. The van der Waals surface area contributed by atoms with Crippen molar-refractivity contribution >= 4 is 21.5 Å². The van der Waals surface area contributed by atoms with E-state index in [-0.39, 0.29) is 0 Å². The molecule has 17 heavy (non-hydrogen) atoms. The molecule has 94 valence electrons. The highest BCUT2D eigenvalue weighted by Gasteiger charge is 2.28. The summed E-state index contributed by atoms with van der Waals surface area (Å²) in [5.74, 6) is -0.812. The van der Waals surface area contributed by atoms with E-state index in [0.29, 0.717) is 6.07 Å². The van der Waals surface area contributed by atoms with Gasteiger partial charge in [0.15, 0.2) is 5.69 Å². The van der Waals surface area contributed by atoms with Gasteiger partial charge in [0, 0.05) is 6.07 Å². The Bertz CT molecular complexity index is 574. The molecule has 0 amide bonds. The minimum atomic E-state index is -4.37. The molecule has 8 nitrogen and oxygen atoms in total. The lowest BCUT2D eigenvalue weighted by Gasteiger charge is -2.06. The third kappa shape index (κ3) is 2.62. The third-order valence-electron chi connectivity index (χ3n) is 1.73. The molecule has 0 aliphatic heterocycles. The Kier molecular flexibility index (Phi) is 3.24. The van der Waals surface area contributed by atoms with Crippen LogP contribution in [0.5, 0.6) is 0 Å². The Hall–Kier alpha value is -1.88. The van der Waals surface area contributed by atoms with E-state index in [1.54, 1.807) is 0 Å². The fourth-order valence-corrected chi connectivity index (χ4v) is 1.66. The van der Waals surface area contributed by atoms with Crippen LogP contribution in [0.1, 0.15) is 12.1 Å². The first-order valence-corrected chi connectivity index (χ1v) is 5.45. The third-order valence-corrected chi connectivity index (χ3v) is 2.67. The molecular weight excluding hydrogens is 262 g/mol. The molecule has 0 saturated heterocycles. The first-order valence-electron chi connectivity index (χ1n) is 3.90. The molecule has 0 atom stereocenters. The maximum atomic E-state index is 12.4. The van der Waals surface area contributed by atoms with Crippen LogP contribution >= 0.6 is 0 Å². The summed E-state index contributed by atoms with van der Waals surface area (Å²) in [7, 11) is -4.37. The SMILES string of the molecule is Nc1nc(C(F)F)c([N+](=O)[O-])cc1S(N)(=O)=O. The summed E-state index contributed by atoms with van der Waals surface area (Å²) >= 11 is 0. The van der Waals surface area contributed by atoms with E-state index in [1.165, 1.54) is 0 Å². The summed E-state index contributed by atoms with van der Waals surface area (Å²) in [6.45, 7) is 0. The number of anilines is 1. The summed E-state index contributed by atoms with van der Waals surface area (Å²) in [5, 5.41) is 15.2. The van der Waals surface area contributed by atoms with Crippen molar-refractivity contribution in [2.24, 2.45) is 5.14 Å². The first kappa shape index (κ1) is 13.2. The molecule has 0 aliphatic rings. The van der Waals surface area contributed by atoms with Crippen molar-refractivity contribution in [3.63, 3.8) is 0 Å². The Morgan fingerprint density at radius 2 is 2.00 bits per heavy atom. The lowest BCUT2D eigenvalue weighted by atomic mass is 10.3. The van der Waals surface area contributed by atoms with Gasteiger partial charge in [-0.05, 0) is 0 Å². The minimum Gasteiger partial charge on any atom is -0.383 e. The molecule has 4 N–H and O–H groups in total. The van der Waals surface area contributed by atoms with Crippen LogP contribution in [-0.4, -0.2) is 18.3 Å². The van der Waals surface area contributed by atoms with E-state index < -0.39 is 43.5 Å². The standard InChI is InChI=1S/C6H6F2N4O4S/c7-5(8)4-2(12(13)14)1-3(6(9)11-4)17(10,15)16/h1,5H,(H2,9,11)(H2,10,15,16). The largest absolute Gasteiger partial charge is 0.383 e. The molecule has 1 heterocycles. The molecule has 0 bridgehead atoms. The number of rotatable bonds is 3. The second kappa shape index (κ2) is 4.18. The zero-order chi connectivity index (χ0) is 13.4. The van der Waals surface area contributed by atoms with Crippen LogP contribution in [0.2, 0.25) is 0 Å². The average molecular weight is 268 g/mol. The van der Waals surface area contributed by atoms with Gasteiger partial charge in [-0.2, -0.15) is 0 Å². The van der Waals surface area contributed by atoms with E-state index in [0.717, 1.165) is 0 Å². The van der Waals surface area contributed by atoms with Crippen LogP contribution in [-0.2, 0) is 10.0 Å². The van der Waals surface area contributed by atoms with Crippen molar-refractivity contribution in [2.75, 3.05) is 5.73 Å². The van der Waals surface area contributed by atoms with Crippen LogP contribution in [0.15, 0.2) is 11.0 Å². The van der Waals surface area contributed by atoms with Crippen LogP contribution < -0.4 is 10.9 Å². The van der Waals surface area contributed by atoms with E-state index in [9.17, 15) is 27.3 Å². The average Bonchev–Trinajstić information content (AvgIpc) is 2.14. The fraction of sp³-hybridized carbons (Fsp3) is 0.167. The van der Waals surface area contributed by atoms with Crippen molar-refractivity contribution in [3.8, 4) is 0 Å². The van der Waals surface area contributed by atoms with Crippen molar-refractivity contribution in [1.29, 1.82) is 0 Å². The molecule has 0 saturated carbocycles. The Morgan fingerprint density at radius 3 is 2.35 bits per heavy atom. The maximum Gasteiger partial charge on any atom is 0.298 e. The summed E-state index contributed by atoms with van der Waals surface area (Å²) < 4.78 is 46.7. The summed E-state index contributed by atoms with van der Waals surface area (Å²) in [5.41, 5.74) is 2.73. The van der Waals surface area contributed by atoms with E-state index in [1.807, 2.05) is 0 Å². The molecule has 0 spiro atoms. The van der Waals surface area contributed by atoms with E-state index in [4.69, 9.17) is 10.9 Å². The Balaban J connectivity index is 3.63. The molecule has 1 aromatic rings. The fourth-order valence-electron chi connectivity index (χ4n) is 1.05. The van der Waals surface area contributed by atoms with Gasteiger partial charge in [0.2, 0.25) is 10.0 Å². The van der Waals surface area contributed by atoms with Crippen LogP contribution in [0, 0.1) is 10.1 Å². The van der Waals surface area contributed by atoms with Crippen molar-refractivity contribution in [2.45, 2.75) is 11.3 Å². The zero-order valence-corrected chi connectivity index (χ0v) is 8.82. The zero-order valence-electron chi connectivity index (χ0n) is 8.00. The van der Waals surface area contributed by atoms with Gasteiger partial charge in [0.05, 0.1) is 4.92 Å². The van der Waals surface area contributed by atoms with Gasteiger partial charge < -0.3 is 5.73 Å². The molecule has 0 radical (unpaired) electrons. The van der Waals surface area contributed by atoms with Gasteiger partial charge in [0.1, 0.15) is 10.7 Å². The predicted octanol–water partition coefficient (Wildman–Crippen LogP) is 0.157. The number of nitro groups is 1. The minimum absolute atomic E-state index is 0.360. The van der Waals surface area contributed by atoms with Gasteiger partial charge >= 0.3 is 0 Å². The van der Waals surface area contributed by atoms with Crippen LogP contribution in [0.3, 0.4) is 0 Å². The predicted molar refractivity (Wildman–Crippen MR) is 51.6 cm³/mol. The van der Waals surface area contributed by atoms with Gasteiger partial charge in [0.25, 0.3) is 12.1 Å². The van der Waals surface area contributed by atoms with Gasteiger partial charge in [-0.1, -0.05) is 0 Å². The topological polar surface area (TPSA) is 142 Å². The molecule has 1 aromatic heterocycles. The number of nitrogens with two attached hydrogens (primary N) is 2. The number of hydrogen-bond acceptors (Lipinski definition) is 6.